The van der Waals surface area contributed by atoms with Crippen LogP contribution in [0.1, 0.15) is 52.3 Å². The summed E-state index contributed by atoms with van der Waals surface area (Å²) in [5.74, 6) is 3.91. The van der Waals surface area contributed by atoms with E-state index in [4.69, 9.17) is 52.7 Å². The minimum absolute atomic E-state index is 0. The summed E-state index contributed by atoms with van der Waals surface area (Å²) in [4.78, 5) is 40.4. The Morgan fingerprint density at radius 2 is 0.925 bits per heavy atom. The van der Waals surface area contributed by atoms with E-state index in [2.05, 4.69) is 47.8 Å². The molecule has 0 radical (unpaired) electrons. The Labute approximate surface area is 486 Å². The van der Waals surface area contributed by atoms with Gasteiger partial charge in [-0.3, -0.25) is 24.2 Å². The molecule has 2 atom stereocenters. The summed E-state index contributed by atoms with van der Waals surface area (Å²) < 4.78 is 48.7. The molecule has 2 saturated heterocycles. The van der Waals surface area contributed by atoms with Crippen LogP contribution in [0.15, 0.2) is 85.0 Å². The quantitative estimate of drug-likeness (QED) is 0.0343. The molecule has 67 heavy (non-hydrogen) atoms. The third kappa shape index (κ3) is 15.0. The van der Waals surface area contributed by atoms with Crippen LogP contribution in [-0.4, -0.2) is 91.2 Å². The molecule has 2 heterocycles. The molecule has 0 aliphatic carbocycles. The van der Waals surface area contributed by atoms with E-state index in [1.54, 1.807) is 59.4 Å². The van der Waals surface area contributed by atoms with Gasteiger partial charge in [-0.25, -0.2) is 0 Å². The van der Waals surface area contributed by atoms with Crippen LogP contribution in [0.25, 0.3) is 0 Å². The maximum Gasteiger partial charge on any atom is 1.00 e. The van der Waals surface area contributed by atoms with Gasteiger partial charge in [-0.05, 0) is 49.2 Å². The van der Waals surface area contributed by atoms with E-state index in [-0.39, 0.29) is 140 Å². The van der Waals surface area contributed by atoms with Gasteiger partial charge < -0.3 is 59.3 Å². The number of nitrogens with zero attached hydrogens (tertiary/aromatic N) is 2. The minimum atomic E-state index is -0.419. The van der Waals surface area contributed by atoms with Gasteiger partial charge in [0, 0.05) is 40.2 Å². The average molecular weight is 1050 g/mol. The number of benzene rings is 4. The third-order valence-electron chi connectivity index (χ3n) is 9.44. The number of carbonyl (C=O) groups is 3. The number of carbonyl (C=O) groups excluding carboxylic acids is 3. The van der Waals surface area contributed by atoms with Crippen LogP contribution in [0, 0.1) is 0 Å². The van der Waals surface area contributed by atoms with Gasteiger partial charge >= 0.3 is 103 Å². The first kappa shape index (κ1) is 61.5. The van der Waals surface area contributed by atoms with Crippen molar-refractivity contribution in [3.8, 4) is 57.5 Å². The average Bonchev–Trinajstić information content (AvgIpc) is 3.30. The maximum atomic E-state index is 12.7. The van der Waals surface area contributed by atoms with E-state index < -0.39 is 6.04 Å². The van der Waals surface area contributed by atoms with Gasteiger partial charge in [0.15, 0.2) is 46.0 Å². The van der Waals surface area contributed by atoms with Gasteiger partial charge in [0.1, 0.15) is 0 Å². The zero-order chi connectivity index (χ0) is 48.7. The molecule has 2 fully saturated rings. The number of methoxy groups -OCH3 is 8. The minimum Gasteiger partial charge on any atom is -1.00 e. The van der Waals surface area contributed by atoms with Crippen LogP contribution >= 0.6 is 15.9 Å². The van der Waals surface area contributed by atoms with Gasteiger partial charge in [-0.15, -0.1) is 0 Å². The van der Waals surface area contributed by atoms with Crippen molar-refractivity contribution in [1.82, 2.24) is 0 Å². The molecule has 2 aliphatic heterocycles. The Morgan fingerprint density at radius 3 is 1.21 bits per heavy atom. The fourth-order valence-corrected chi connectivity index (χ4v) is 6.69. The largest absolute Gasteiger partial charge is 1.00 e. The Balaban J connectivity index is 0.00000110. The monoisotopic (exact) mass is 1050 g/mol. The maximum absolute atomic E-state index is 12.7. The molecule has 4 aromatic carbocycles. The smallest absolute Gasteiger partial charge is 1.00 e. The summed E-state index contributed by atoms with van der Waals surface area (Å²) in [6.07, 6.45) is -0.0217. The third-order valence-corrected chi connectivity index (χ3v) is 9.44. The van der Waals surface area contributed by atoms with Gasteiger partial charge in [0.2, 0.25) is 11.5 Å². The number of alkyl halides is 1. The molecule has 6 rings (SSSR count). The number of amides is 2. The van der Waals surface area contributed by atoms with E-state index in [1.165, 1.54) is 49.8 Å². The molecule has 0 spiro atoms. The van der Waals surface area contributed by atoms with Crippen molar-refractivity contribution in [3.05, 3.63) is 96.1 Å². The van der Waals surface area contributed by atoms with Gasteiger partial charge in [-0.2, -0.15) is 0 Å². The fourth-order valence-electron chi connectivity index (χ4n) is 6.69. The first-order valence-electron chi connectivity index (χ1n) is 19.7. The van der Waals surface area contributed by atoms with Gasteiger partial charge in [-0.1, -0.05) is 55.1 Å². The fraction of sp³-hybridized carbons (Fsp3) is 0.340. The van der Waals surface area contributed by atoms with Gasteiger partial charge in [0.25, 0.3) is 18.3 Å². The zero-order valence-corrected chi connectivity index (χ0v) is 48.3. The molecule has 0 bridgehead atoms. The van der Waals surface area contributed by atoms with Crippen molar-refractivity contribution in [1.29, 1.82) is 0 Å². The second-order valence-corrected chi connectivity index (χ2v) is 16.0. The molecule has 0 unspecified atom stereocenters. The Bertz CT molecular complexity index is 2280. The van der Waals surface area contributed by atoms with Crippen molar-refractivity contribution in [2.75, 3.05) is 66.7 Å². The number of phenolic OH excluding ortho intramolecular Hbond substituents is 1. The molecule has 2 amide bonds. The molecule has 1 N–H and O–H groups in total. The predicted molar refractivity (Wildman–Crippen MR) is 247 cm³/mol. The van der Waals surface area contributed by atoms with Crippen molar-refractivity contribution in [3.63, 3.8) is 0 Å². The summed E-state index contributed by atoms with van der Waals surface area (Å²) in [7, 11) is 12.2. The van der Waals surface area contributed by atoms with E-state index in [9.17, 15) is 14.7 Å². The molecule has 354 valence electrons. The van der Waals surface area contributed by atoms with Crippen LogP contribution in [0.3, 0.4) is 0 Å². The summed E-state index contributed by atoms with van der Waals surface area (Å²) in [6.45, 7) is 15.7. The van der Waals surface area contributed by atoms with E-state index >= 15 is 0 Å². The standard InChI is InChI=1S/C23H27NO6.C20H21NO6.C3H7Br.CH2O3.2K.H/c1-13(2)30-18-10-15(8-9-17(18)26-4)21-14(3)23(25)24(21)16-11-19(27-5)22(29-7)20(12-16)28-6;1-11-18(12-6-7-15(24-2)14(22)8-12)21(20(11)23)13-9-16(25-3)19(27-5)17(10-13)26-4;1-3(2)4;2-1-4-3;;;/h8-13,21H,3H2,1-2,4-7H3;6-10,18,22H,1H2,2-5H3;3H,1-2H3;1,3H;;;/q;;;;2*+1;-1/p-1/t21-;18-;;;;;/m11...../s1. The molecule has 0 aromatic heterocycles. The molecule has 0 saturated carbocycles. The number of halogens is 1. The zero-order valence-electron chi connectivity index (χ0n) is 41.5. The van der Waals surface area contributed by atoms with Crippen LogP contribution < -0.4 is 160 Å². The summed E-state index contributed by atoms with van der Waals surface area (Å²) in [6, 6.07) is 16.7. The second kappa shape index (κ2) is 29.5. The number of phenols is 1. The Kier molecular flexibility index (Phi) is 27.1. The van der Waals surface area contributed by atoms with Gasteiger partial charge in [0.05, 0.1) is 86.4 Å². The van der Waals surface area contributed by atoms with E-state index in [0.29, 0.717) is 84.7 Å². The predicted octanol–water partition coefficient (Wildman–Crippen LogP) is 1.57. The molecular formula is C47H57BrK2N2O15. The van der Waals surface area contributed by atoms with Crippen LogP contribution in [0.5, 0.6) is 57.5 Å². The molecular weight excluding hydrogens is 991 g/mol. The van der Waals surface area contributed by atoms with E-state index in [1.807, 2.05) is 32.0 Å². The molecule has 17 nitrogen and oxygen atoms in total. The molecule has 4 aromatic rings. The van der Waals surface area contributed by atoms with Crippen molar-refractivity contribution in [2.24, 2.45) is 0 Å². The van der Waals surface area contributed by atoms with Crippen LogP contribution in [0.2, 0.25) is 0 Å². The van der Waals surface area contributed by atoms with Crippen molar-refractivity contribution in [2.45, 2.75) is 50.7 Å². The number of hydrogen-bond acceptors (Lipinski definition) is 15. The number of hydrogen-bond donors (Lipinski definition) is 1. The Morgan fingerprint density at radius 1 is 0.597 bits per heavy atom. The first-order valence-corrected chi connectivity index (χ1v) is 20.6. The normalized spacial score (nSPS) is 14.3. The summed E-state index contributed by atoms with van der Waals surface area (Å²) >= 11 is 3.27. The van der Waals surface area contributed by atoms with E-state index in [0.717, 1.165) is 5.56 Å². The number of β-lactam (4-membered cyclic amide) rings is 2. The Hall–Kier alpha value is -3.52. The van der Waals surface area contributed by atoms with Crippen LogP contribution in [0.4, 0.5) is 11.4 Å². The second-order valence-electron chi connectivity index (χ2n) is 14.2. The molecule has 2 aliphatic rings. The molecule has 20 heteroatoms. The van der Waals surface area contributed by atoms with Crippen molar-refractivity contribution >= 4 is 45.6 Å². The topological polar surface area (TPSA) is 193 Å². The number of anilines is 2. The van der Waals surface area contributed by atoms with Crippen molar-refractivity contribution < 1.29 is 176 Å². The SMILES string of the molecule is C=C1C(=O)N(c2cc(OC)c(OC)c(OC)c2)[C@H]1c1ccc(OC)c(O)c1.C=C1C(=O)N(c2cc(OC)c(OC)c(OC)c2)[C@H]1c1ccc(OC)c(OC(C)C)c1.CC(C)Br.O=CO[O-].[H-].[K+].[K+]. The number of ether oxygens (including phenoxy) is 9. The number of aromatic hydroxyl groups is 1. The first-order chi connectivity index (χ1) is 31.0. The summed E-state index contributed by atoms with van der Waals surface area (Å²) in [5.41, 5.74) is 3.69. The summed E-state index contributed by atoms with van der Waals surface area (Å²) in [5, 5.41) is 18.5. The number of rotatable bonds is 15. The van der Waals surface area contributed by atoms with Crippen LogP contribution in [-0.2, 0) is 19.3 Å².